The van der Waals surface area contributed by atoms with Crippen LogP contribution < -0.4 is 37.1 Å². The van der Waals surface area contributed by atoms with Crippen LogP contribution in [0, 0.1) is 39.1 Å². The Morgan fingerprint density at radius 1 is 0.806 bits per heavy atom. The van der Waals surface area contributed by atoms with Gasteiger partial charge in [0.05, 0.1) is 65.5 Å². The number of aromatic hydroxyl groups is 2. The summed E-state index contributed by atoms with van der Waals surface area (Å²) in [5, 5.41) is 84.4. The van der Waals surface area contributed by atoms with Crippen molar-refractivity contribution >= 4 is 128 Å². The monoisotopic (exact) mass is 1770 g/mol. The van der Waals surface area contributed by atoms with Crippen molar-refractivity contribution in [2.24, 2.45) is 40.2 Å². The third-order valence-electron chi connectivity index (χ3n) is 25.8. The number of amides is 1. The zero-order valence-electron chi connectivity index (χ0n) is 70.2. The number of methoxy groups -OCH3 is 1. The van der Waals surface area contributed by atoms with Crippen LogP contribution in [0.5, 0.6) is 17.2 Å². The number of nitrogens with two attached hydrogens (primary N) is 3. The highest BCUT2D eigenvalue weighted by Crippen LogP contribution is 2.67. The number of phenolic OH excluding ortho intramolecular Hbond substituents is 2. The molecule has 2 aliphatic heterocycles. The van der Waals surface area contributed by atoms with E-state index >= 15 is 0 Å². The number of nitrogens with zero attached hydrogens (tertiary/aromatic N) is 9. The maximum Gasteiger partial charge on any atom is 0.326 e. The Kier molecular flexibility index (Phi) is 28.0. The number of Topliss-reactive ketones (excluding diaryl/α,β-unsaturated/α-hetero) is 1. The van der Waals surface area contributed by atoms with Crippen LogP contribution >= 0.6 is 35.4 Å². The van der Waals surface area contributed by atoms with Crippen LogP contribution in [0.4, 0.5) is 23.1 Å². The third kappa shape index (κ3) is 18.8. The topological polar surface area (TPSA) is 535 Å². The molecule has 3 saturated carbocycles. The van der Waals surface area contributed by atoms with E-state index in [1.165, 1.54) is 69.0 Å². The zero-order valence-corrected chi connectivity index (χ0v) is 72.5. The normalized spacial score (nSPS) is 25.8. The molecule has 124 heavy (non-hydrogen) atoms. The van der Waals surface area contributed by atoms with Gasteiger partial charge in [0, 0.05) is 104 Å². The molecule has 16 rings (SSSR count). The second-order valence-electron chi connectivity index (χ2n) is 34.1. The number of allylic oxidation sites excluding steroid dienone is 1. The largest absolute Gasteiger partial charge is 0.507 e. The number of hydrogen-bond donors (Lipinski definition) is 14. The van der Waals surface area contributed by atoms with Gasteiger partial charge in [-0.05, 0) is 187 Å². The third-order valence-corrected chi connectivity index (χ3v) is 26.5. The number of phenols is 2. The van der Waals surface area contributed by atoms with E-state index in [0.717, 1.165) is 84.6 Å². The second-order valence-corrected chi connectivity index (χ2v) is 35.2. The number of rotatable bonds is 20. The Hall–Kier alpha value is -10.7. The second kappa shape index (κ2) is 37.6. The van der Waals surface area contributed by atoms with Gasteiger partial charge in [0.25, 0.3) is 5.91 Å². The lowest BCUT2D eigenvalue weighted by molar-refractivity contribution is -0.311. The number of carbonyl (C=O) groups is 8. The van der Waals surface area contributed by atoms with Crippen LogP contribution in [-0.4, -0.2) is 228 Å². The number of aliphatic carboxylic acids is 3. The van der Waals surface area contributed by atoms with Gasteiger partial charge in [0.2, 0.25) is 18.0 Å². The minimum atomic E-state index is -1.50. The summed E-state index contributed by atoms with van der Waals surface area (Å²) >= 11 is 16.4. The van der Waals surface area contributed by atoms with E-state index in [1.54, 1.807) is 64.4 Å². The number of aromatic amines is 2. The number of carbonyl (C=O) groups excluding carboxylic acids is 5. The molecule has 2 bridgehead atoms. The Morgan fingerprint density at radius 3 is 2.13 bits per heavy atom. The number of fused-ring (bicyclic) bond motifs is 15. The SMILES string of the molecule is CC(=O)[C@H]1CC[C@H]2[C@@H]3CCC4=CC(=O)CC[C@]4(C)[C@H]3CC[C@]12C.CN(Cc1cnc2nc(N)nc(N)c2n1)c1ccc(C(=O)N[C@@H](CCC(=O)O)C(=O)O)cc1.CO[C@@H]1C[C@](C)(O)Cc2cc3c(c(O)c21)C(=O)c1c(O)cc2c(c1C3=O)O[C@@H]1O[C@@]2(C)[C@H](O)[C@@H](N(C)C)[C@@H]1O.N[C@@H](Cc1ccc(N(CCCl)CCCl)cc1)C(=O)O.S=c1nc[nH]c2nc[nH]c12. The number of nitrogen functional groups attached to an aromatic ring is 2. The maximum atomic E-state index is 14.1. The molecule has 37 heteroatoms. The average molecular weight is 1770 g/mol. The van der Waals surface area contributed by atoms with Gasteiger partial charge < -0.3 is 102 Å². The minimum absolute atomic E-state index is 0.0138. The van der Waals surface area contributed by atoms with Crippen molar-refractivity contribution in [1.82, 2.24) is 50.1 Å². The predicted molar refractivity (Wildman–Crippen MR) is 462 cm³/mol. The fourth-order valence-electron chi connectivity index (χ4n) is 19.6. The number of anilines is 4. The smallest absolute Gasteiger partial charge is 0.326 e. The highest BCUT2D eigenvalue weighted by atomic mass is 35.5. The van der Waals surface area contributed by atoms with E-state index in [0.29, 0.717) is 74.8 Å². The summed E-state index contributed by atoms with van der Waals surface area (Å²) in [6.07, 6.45) is 11.1. The number of halogens is 2. The molecule has 662 valence electrons. The van der Waals surface area contributed by atoms with Gasteiger partial charge in [-0.25, -0.2) is 24.7 Å². The highest BCUT2D eigenvalue weighted by molar-refractivity contribution is 7.71. The summed E-state index contributed by atoms with van der Waals surface area (Å²) in [5.74, 6) is -2.08. The van der Waals surface area contributed by atoms with E-state index in [-0.39, 0.29) is 87.4 Å². The lowest BCUT2D eigenvalue weighted by atomic mass is 9.47. The lowest BCUT2D eigenvalue weighted by Gasteiger charge is -2.58. The number of aromatic nitrogens is 8. The van der Waals surface area contributed by atoms with Gasteiger partial charge in [0.1, 0.15) is 58.4 Å². The van der Waals surface area contributed by atoms with Crippen molar-refractivity contribution in [1.29, 1.82) is 0 Å². The molecule has 4 aromatic carbocycles. The summed E-state index contributed by atoms with van der Waals surface area (Å²) in [4.78, 5) is 133. The molecule has 0 spiro atoms. The number of imidazole rings is 1. The predicted octanol–water partition coefficient (Wildman–Crippen LogP) is 8.81. The van der Waals surface area contributed by atoms with Gasteiger partial charge in [-0.2, -0.15) is 9.97 Å². The first-order valence-electron chi connectivity index (χ1n) is 40.8. The molecule has 34 nitrogen and oxygen atoms in total. The first-order chi connectivity index (χ1) is 58.7. The number of hydrogen-bond acceptors (Lipinski definition) is 29. The van der Waals surface area contributed by atoms with E-state index in [1.807, 2.05) is 42.3 Å². The Balaban J connectivity index is 0.000000149. The molecule has 0 radical (unpaired) electrons. The number of carboxylic acids is 3. The Morgan fingerprint density at radius 2 is 1.49 bits per heavy atom. The number of aliphatic hydroxyl groups excluding tert-OH is 2. The van der Waals surface area contributed by atoms with E-state index < -0.39 is 101 Å². The van der Waals surface area contributed by atoms with Crippen molar-refractivity contribution in [3.05, 3.63) is 152 Å². The number of likely N-dealkylation sites (N-methyl/N-ethyl adjacent to an activating group) is 1. The molecule has 15 atom stereocenters. The van der Waals surface area contributed by atoms with Crippen molar-refractivity contribution in [3.63, 3.8) is 0 Å². The minimum Gasteiger partial charge on any atom is -0.507 e. The average Bonchev–Trinajstić information content (AvgIpc) is 0.799. The number of nitrogens with one attached hydrogen (secondary N) is 3. The number of benzene rings is 4. The number of H-pyrrole nitrogens is 2. The summed E-state index contributed by atoms with van der Waals surface area (Å²) in [7, 11) is 6.61. The maximum absolute atomic E-state index is 14.1. The van der Waals surface area contributed by atoms with Crippen molar-refractivity contribution in [2.45, 2.75) is 179 Å². The standard InChI is InChI=1S/C28H31NO10.C21H30O2.C20H22N8O5.C13H18Cl2N2O2.C5H4N4S/c1-27(36)8-10-6-11-16(21(32)15(10)14(9-27)37-5)22(33)17-13(30)7-12-24(18(17)20(11)31)38-26-23(34)19(29(3)4)25(35)28(12,2)39-26;1-13(22)17-6-7-18-16-5-4-14-12-15(23)8-10-20(14,2)19(16)9-11-21(17,18)3;1-28(9-11-8-23-17-15(24-11)16(21)26-20(22)27-17)12-4-2-10(3-5-12)18(31)25-13(19(32)33)6-7-14(29)30;14-5-7-17(8-6-15)11-3-1-10(2-4-11)9-12(16)13(18)19;10-5-3-4(7-1-6-3)8-2-9-5/h6-7,14,19,23,25-26,30,32,34-36H,8-9H2,1-5H3;12,16-19H,4-11H2,1-3H3;2-5,8,13H,6-7,9H2,1H3,(H,25,31)(H,29,30)(H,32,33)(H4,21,22,23,26,27);1-4,12H,5-9,16H2,(H,18,19);1-2H,(H2,6,7,8,9,10)/t14-,19+,23+,25-,26-,27-,28-;16-,17+,18-,19-,20-,21+;13-;12-;/m1000./s1. The van der Waals surface area contributed by atoms with Crippen molar-refractivity contribution < 1.29 is 93.4 Å². The molecule has 17 N–H and O–H groups in total. The first kappa shape index (κ1) is 92.5. The number of aliphatic hydroxyl groups is 3. The fourth-order valence-corrected chi connectivity index (χ4v) is 20.2. The number of carboxylic acid groups (broad SMARTS) is 3. The van der Waals surface area contributed by atoms with Crippen LogP contribution in [0.25, 0.3) is 22.3 Å². The summed E-state index contributed by atoms with van der Waals surface area (Å²) < 4.78 is 18.0. The first-order valence-corrected chi connectivity index (χ1v) is 42.3. The molecule has 0 unspecified atom stereocenters. The van der Waals surface area contributed by atoms with Crippen LogP contribution in [0.2, 0.25) is 0 Å². The van der Waals surface area contributed by atoms with Crippen LogP contribution in [0.15, 0.2) is 91.2 Å². The fraction of sp³-hybridized carbons (Fsp3) is 0.483. The van der Waals surface area contributed by atoms with Crippen molar-refractivity contribution in [3.8, 4) is 17.2 Å². The number of ether oxygens (including phenoxy) is 3. The molecule has 1 amide bonds. The molecule has 4 fully saturated rings. The molecule has 8 aromatic rings. The molecular weight excluding hydrogens is 1660 g/mol. The van der Waals surface area contributed by atoms with E-state index in [9.17, 15) is 69.0 Å². The Bertz CT molecular complexity index is 5520. The zero-order chi connectivity index (χ0) is 90.1. The highest BCUT2D eigenvalue weighted by Gasteiger charge is 2.61. The van der Waals surface area contributed by atoms with Crippen LogP contribution in [0.3, 0.4) is 0 Å². The van der Waals surface area contributed by atoms with Gasteiger partial charge in [-0.1, -0.05) is 43.8 Å². The summed E-state index contributed by atoms with van der Waals surface area (Å²) in [6, 6.07) is 13.8. The summed E-state index contributed by atoms with van der Waals surface area (Å²) in [5.41, 5.74) is 21.8. The quantitative estimate of drug-likeness (QED) is 0.0250. The van der Waals surface area contributed by atoms with Gasteiger partial charge in [-0.15, -0.1) is 23.2 Å². The number of alkyl halides is 2. The molecule has 6 aliphatic carbocycles. The molecule has 4 aromatic heterocycles. The summed E-state index contributed by atoms with van der Waals surface area (Å²) in [6.45, 7) is 11.7. The van der Waals surface area contributed by atoms with E-state index in [2.05, 4.69) is 63.9 Å². The van der Waals surface area contributed by atoms with Crippen LogP contribution in [-0.2, 0) is 58.4 Å². The molecule has 1 saturated heterocycles. The molecule has 6 heterocycles. The van der Waals surface area contributed by atoms with Gasteiger partial charge in [-0.3, -0.25) is 33.6 Å². The van der Waals surface area contributed by atoms with Crippen molar-refractivity contribution in [2.75, 3.05) is 74.4 Å². The Labute approximate surface area is 729 Å². The van der Waals surface area contributed by atoms with Gasteiger partial charge >= 0.3 is 17.9 Å². The number of ketones is 4. The van der Waals surface area contributed by atoms with E-state index in [4.69, 9.17) is 77.0 Å². The van der Waals surface area contributed by atoms with Crippen LogP contribution in [0.1, 0.15) is 182 Å². The molecule has 8 aliphatic rings. The molecular formula is C87H105Cl2N15O19S. The van der Waals surface area contributed by atoms with Gasteiger partial charge in [0.15, 0.2) is 38.8 Å². The lowest BCUT2D eigenvalue weighted by Crippen LogP contribution is -2.68.